The third kappa shape index (κ3) is 7.23. The second-order valence-corrected chi connectivity index (χ2v) is 10.0. The second-order valence-electron chi connectivity index (χ2n) is 9.60. The van der Waals surface area contributed by atoms with Gasteiger partial charge in [0.2, 0.25) is 0 Å². The summed E-state index contributed by atoms with van der Waals surface area (Å²) in [5.74, 6) is 6.58. The molecule has 1 aliphatic heterocycles. The molecule has 1 amide bonds. The maximum Gasteiger partial charge on any atom is 0.410 e. The molecule has 0 unspecified atom stereocenters. The van der Waals surface area contributed by atoms with E-state index in [9.17, 15) is 4.79 Å². The SMILES string of the molecule is CN(C)CC#Cc1c(Cl)ccc(-c2ccccc2)c1CN1CCN(C(=O)OC(C)(C)C)CC1. The van der Waals surface area contributed by atoms with Gasteiger partial charge in [-0.15, -0.1) is 0 Å². The highest BCUT2D eigenvalue weighted by Gasteiger charge is 2.26. The van der Waals surface area contributed by atoms with Gasteiger partial charge in [0.25, 0.3) is 0 Å². The maximum atomic E-state index is 12.4. The second kappa shape index (κ2) is 11.1. The fourth-order valence-electron chi connectivity index (χ4n) is 3.73. The molecule has 0 radical (unpaired) electrons. The van der Waals surface area contributed by atoms with Gasteiger partial charge in [-0.05, 0) is 57.6 Å². The number of ether oxygens (including phenoxy) is 1. The Bertz CT molecular complexity index is 1010. The van der Waals surface area contributed by atoms with E-state index in [2.05, 4.69) is 34.9 Å². The minimum Gasteiger partial charge on any atom is -0.444 e. The largest absolute Gasteiger partial charge is 0.444 e. The van der Waals surface area contributed by atoms with Crippen LogP contribution < -0.4 is 0 Å². The first-order chi connectivity index (χ1) is 15.6. The zero-order valence-corrected chi connectivity index (χ0v) is 21.1. The van der Waals surface area contributed by atoms with E-state index >= 15 is 0 Å². The molecule has 0 spiro atoms. The van der Waals surface area contributed by atoms with E-state index < -0.39 is 5.60 Å². The van der Waals surface area contributed by atoms with Crippen molar-refractivity contribution >= 4 is 17.7 Å². The van der Waals surface area contributed by atoms with Crippen LogP contribution in [0.15, 0.2) is 42.5 Å². The van der Waals surface area contributed by atoms with Gasteiger partial charge < -0.3 is 9.64 Å². The molecule has 0 saturated carbocycles. The minimum absolute atomic E-state index is 0.245. The Balaban J connectivity index is 1.84. The molecule has 176 valence electrons. The number of piperazine rings is 1. The van der Waals surface area contributed by atoms with Crippen molar-refractivity contribution in [2.75, 3.05) is 46.8 Å². The van der Waals surface area contributed by atoms with Crippen LogP contribution in [0, 0.1) is 11.8 Å². The highest BCUT2D eigenvalue weighted by Crippen LogP contribution is 2.32. The smallest absolute Gasteiger partial charge is 0.410 e. The quantitative estimate of drug-likeness (QED) is 0.594. The van der Waals surface area contributed by atoms with Crippen LogP contribution in [0.25, 0.3) is 11.1 Å². The average Bonchev–Trinajstić information content (AvgIpc) is 2.75. The predicted octanol–water partition coefficient (Wildman–Crippen LogP) is 4.97. The van der Waals surface area contributed by atoms with E-state index in [4.69, 9.17) is 16.3 Å². The molecule has 0 atom stereocenters. The number of amides is 1. The van der Waals surface area contributed by atoms with E-state index in [1.165, 1.54) is 0 Å². The van der Waals surface area contributed by atoms with Gasteiger partial charge in [0.15, 0.2) is 0 Å². The summed E-state index contributed by atoms with van der Waals surface area (Å²) in [6.07, 6.45) is -0.245. The number of halogens is 1. The zero-order chi connectivity index (χ0) is 24.0. The molecule has 6 heteroatoms. The lowest BCUT2D eigenvalue weighted by Crippen LogP contribution is -2.49. The van der Waals surface area contributed by atoms with Gasteiger partial charge in [-0.25, -0.2) is 4.79 Å². The van der Waals surface area contributed by atoms with Crippen molar-refractivity contribution in [1.82, 2.24) is 14.7 Å². The standard InChI is InChI=1S/C27H34ClN3O2/c1-27(2,3)33-26(32)31-18-16-30(17-19-31)20-24-22(21-10-7-6-8-11-21)13-14-25(28)23(24)12-9-15-29(4)5/h6-8,10-11,13-14H,15-20H2,1-5H3. The summed E-state index contributed by atoms with van der Waals surface area (Å²) in [6, 6.07) is 14.4. The van der Waals surface area contributed by atoms with Gasteiger partial charge in [-0.1, -0.05) is 59.8 Å². The first-order valence-corrected chi connectivity index (χ1v) is 11.7. The third-order valence-electron chi connectivity index (χ3n) is 5.36. The van der Waals surface area contributed by atoms with Gasteiger partial charge >= 0.3 is 6.09 Å². The Hall–Kier alpha value is -2.52. The Morgan fingerprint density at radius 3 is 2.33 bits per heavy atom. The topological polar surface area (TPSA) is 36.0 Å². The predicted molar refractivity (Wildman–Crippen MR) is 135 cm³/mol. The van der Waals surface area contributed by atoms with E-state index in [1.54, 1.807) is 4.90 Å². The molecule has 1 heterocycles. The molecule has 5 nitrogen and oxygen atoms in total. The fourth-order valence-corrected chi connectivity index (χ4v) is 3.96. The van der Waals surface area contributed by atoms with Crippen molar-refractivity contribution in [1.29, 1.82) is 0 Å². The van der Waals surface area contributed by atoms with E-state index in [0.717, 1.165) is 41.9 Å². The molecule has 0 aliphatic carbocycles. The molecule has 0 aromatic heterocycles. The minimum atomic E-state index is -0.486. The third-order valence-corrected chi connectivity index (χ3v) is 5.68. The lowest BCUT2D eigenvalue weighted by molar-refractivity contribution is 0.0139. The molecule has 3 rings (SSSR count). The van der Waals surface area contributed by atoms with Gasteiger partial charge in [0.1, 0.15) is 5.60 Å². The molecule has 33 heavy (non-hydrogen) atoms. The molecule has 1 saturated heterocycles. The van der Waals surface area contributed by atoms with Crippen LogP contribution in [0.1, 0.15) is 31.9 Å². The number of benzene rings is 2. The van der Waals surface area contributed by atoms with Gasteiger partial charge in [0.05, 0.1) is 11.6 Å². The van der Waals surface area contributed by atoms with Crippen LogP contribution in [0.2, 0.25) is 5.02 Å². The number of rotatable bonds is 4. The summed E-state index contributed by atoms with van der Waals surface area (Å²) in [7, 11) is 4.00. The lowest BCUT2D eigenvalue weighted by Gasteiger charge is -2.36. The summed E-state index contributed by atoms with van der Waals surface area (Å²) in [5.41, 5.74) is 3.82. The van der Waals surface area contributed by atoms with Gasteiger partial charge in [-0.2, -0.15) is 0 Å². The summed E-state index contributed by atoms with van der Waals surface area (Å²) >= 11 is 6.64. The highest BCUT2D eigenvalue weighted by atomic mass is 35.5. The van der Waals surface area contributed by atoms with Gasteiger partial charge in [-0.3, -0.25) is 9.80 Å². The van der Waals surface area contributed by atoms with Crippen LogP contribution in [0.5, 0.6) is 0 Å². The van der Waals surface area contributed by atoms with E-state index in [-0.39, 0.29) is 6.09 Å². The van der Waals surface area contributed by atoms with E-state index in [0.29, 0.717) is 24.7 Å². The fraction of sp³-hybridized carbons (Fsp3) is 0.444. The first kappa shape index (κ1) is 25.1. The van der Waals surface area contributed by atoms with Crippen molar-refractivity contribution in [3.63, 3.8) is 0 Å². The molecule has 1 aliphatic rings. The van der Waals surface area contributed by atoms with Crippen LogP contribution in [0.3, 0.4) is 0 Å². The van der Waals surface area contributed by atoms with Crippen LogP contribution >= 0.6 is 11.6 Å². The van der Waals surface area contributed by atoms with Gasteiger partial charge in [0, 0.05) is 38.3 Å². The van der Waals surface area contributed by atoms with E-state index in [1.807, 2.05) is 64.0 Å². The summed E-state index contributed by atoms with van der Waals surface area (Å²) in [6.45, 7) is 9.88. The first-order valence-electron chi connectivity index (χ1n) is 11.3. The highest BCUT2D eigenvalue weighted by molar-refractivity contribution is 6.32. The summed E-state index contributed by atoms with van der Waals surface area (Å²) in [5, 5.41) is 0.670. The Morgan fingerprint density at radius 2 is 1.73 bits per heavy atom. The Labute approximate surface area is 203 Å². The Kier molecular flexibility index (Phi) is 8.42. The maximum absolute atomic E-state index is 12.4. The number of hydrogen-bond donors (Lipinski definition) is 0. The van der Waals surface area contributed by atoms with Crippen molar-refractivity contribution in [2.24, 2.45) is 0 Å². The normalized spacial score (nSPS) is 14.7. The van der Waals surface area contributed by atoms with Crippen LogP contribution in [0.4, 0.5) is 4.79 Å². The monoisotopic (exact) mass is 467 g/mol. The van der Waals surface area contributed by atoms with Crippen LogP contribution in [-0.2, 0) is 11.3 Å². The molecule has 2 aromatic carbocycles. The van der Waals surface area contributed by atoms with Crippen LogP contribution in [-0.4, -0.2) is 73.2 Å². The molecule has 2 aromatic rings. The molecular formula is C27H34ClN3O2. The number of nitrogens with zero attached hydrogens (tertiary/aromatic N) is 3. The number of carbonyl (C=O) groups is 1. The lowest BCUT2D eigenvalue weighted by atomic mass is 9.94. The van der Waals surface area contributed by atoms with Crippen molar-refractivity contribution in [2.45, 2.75) is 32.9 Å². The summed E-state index contributed by atoms with van der Waals surface area (Å²) < 4.78 is 5.53. The van der Waals surface area contributed by atoms with Crippen molar-refractivity contribution < 1.29 is 9.53 Å². The Morgan fingerprint density at radius 1 is 1.06 bits per heavy atom. The average molecular weight is 468 g/mol. The number of hydrogen-bond acceptors (Lipinski definition) is 4. The molecule has 0 bridgehead atoms. The molecular weight excluding hydrogens is 434 g/mol. The number of carbonyl (C=O) groups excluding carboxylic acids is 1. The zero-order valence-electron chi connectivity index (χ0n) is 20.3. The molecule has 0 N–H and O–H groups in total. The molecule has 1 fully saturated rings. The van der Waals surface area contributed by atoms with Crippen molar-refractivity contribution in [3.8, 4) is 23.0 Å². The summed E-state index contributed by atoms with van der Waals surface area (Å²) in [4.78, 5) is 18.6. The van der Waals surface area contributed by atoms with Crippen molar-refractivity contribution in [3.05, 3.63) is 58.6 Å².